The normalized spacial score (nSPS) is 32.6. The molecule has 0 radical (unpaired) electrons. The molecule has 0 aromatic heterocycles. The first-order chi connectivity index (χ1) is 9.09. The number of likely N-dealkylation sites (tertiary alicyclic amines) is 2. The van der Waals surface area contributed by atoms with Crippen molar-refractivity contribution in [2.45, 2.75) is 37.9 Å². The predicted molar refractivity (Wildman–Crippen MR) is 76.2 cm³/mol. The van der Waals surface area contributed by atoms with Crippen LogP contribution in [0.4, 0.5) is 0 Å². The van der Waals surface area contributed by atoms with Gasteiger partial charge in [-0.05, 0) is 38.4 Å². The zero-order valence-corrected chi connectivity index (χ0v) is 11.6. The lowest BCUT2D eigenvalue weighted by atomic mass is 10.0. The number of hydrogen-bond donors (Lipinski definition) is 3. The fraction of sp³-hybridized carbons (Fsp3) is 0.769. The molecule has 0 bridgehead atoms. The molecule has 0 amide bonds. The highest BCUT2D eigenvalue weighted by atomic mass is 15.4. The van der Waals surface area contributed by atoms with Crippen LogP contribution in [0.1, 0.15) is 26.2 Å². The van der Waals surface area contributed by atoms with Gasteiger partial charge < -0.3 is 21.7 Å². The van der Waals surface area contributed by atoms with Crippen molar-refractivity contribution in [1.82, 2.24) is 15.1 Å². The summed E-state index contributed by atoms with van der Waals surface area (Å²) in [6.45, 7) is 6.66. The topological polar surface area (TPSA) is 82.9 Å². The van der Waals surface area contributed by atoms with E-state index in [4.69, 9.17) is 11.5 Å². The van der Waals surface area contributed by atoms with E-state index in [2.05, 4.69) is 20.1 Å². The van der Waals surface area contributed by atoms with Crippen molar-refractivity contribution >= 4 is 5.96 Å². The molecule has 6 heteroatoms. The number of nitrogens with zero attached hydrogens (tertiary/aromatic N) is 3. The van der Waals surface area contributed by atoms with E-state index in [-0.39, 0.29) is 0 Å². The van der Waals surface area contributed by atoms with Gasteiger partial charge in [0.2, 0.25) is 0 Å². The molecule has 2 fully saturated rings. The molecule has 0 aliphatic carbocycles. The first-order valence-corrected chi connectivity index (χ1v) is 7.23. The third-order valence-electron chi connectivity index (χ3n) is 4.40. The van der Waals surface area contributed by atoms with Crippen LogP contribution < -0.4 is 16.8 Å². The quantitative estimate of drug-likeness (QED) is 0.645. The third-order valence-corrected chi connectivity index (χ3v) is 4.40. The summed E-state index contributed by atoms with van der Waals surface area (Å²) in [6.07, 6.45) is 5.45. The molecule has 106 valence electrons. The molecule has 1 atom stereocenters. The zero-order valence-electron chi connectivity index (χ0n) is 11.6. The first kappa shape index (κ1) is 12.7. The van der Waals surface area contributed by atoms with Crippen molar-refractivity contribution in [2.24, 2.45) is 16.5 Å². The van der Waals surface area contributed by atoms with Crippen LogP contribution in [-0.4, -0.2) is 53.6 Å². The van der Waals surface area contributed by atoms with E-state index >= 15 is 0 Å². The van der Waals surface area contributed by atoms with Gasteiger partial charge in [-0.1, -0.05) is 6.92 Å². The van der Waals surface area contributed by atoms with Gasteiger partial charge in [0.1, 0.15) is 11.5 Å². The molecule has 0 aromatic rings. The summed E-state index contributed by atoms with van der Waals surface area (Å²) in [5.41, 5.74) is 11.4. The molecule has 0 aromatic carbocycles. The Labute approximate surface area is 114 Å². The van der Waals surface area contributed by atoms with Gasteiger partial charge in [0.25, 0.3) is 0 Å². The summed E-state index contributed by atoms with van der Waals surface area (Å²) in [5.74, 6) is 1.44. The second-order valence-electron chi connectivity index (χ2n) is 5.80. The van der Waals surface area contributed by atoms with Crippen LogP contribution in [0.25, 0.3) is 0 Å². The Bertz CT molecular complexity index is 405. The van der Waals surface area contributed by atoms with Crippen LogP contribution in [0.2, 0.25) is 0 Å². The Hall–Kier alpha value is -1.27. The van der Waals surface area contributed by atoms with Crippen LogP contribution in [0.15, 0.2) is 16.9 Å². The van der Waals surface area contributed by atoms with Gasteiger partial charge in [0.05, 0.1) is 0 Å². The van der Waals surface area contributed by atoms with E-state index in [9.17, 15) is 0 Å². The number of nitrogens with two attached hydrogens (primary N) is 2. The largest absolute Gasteiger partial charge is 0.370 e. The van der Waals surface area contributed by atoms with Gasteiger partial charge in [0, 0.05) is 19.1 Å². The van der Waals surface area contributed by atoms with E-state index < -0.39 is 5.66 Å². The minimum atomic E-state index is -0.649. The smallest absolute Gasteiger partial charge is 0.196 e. The Balaban J connectivity index is 1.62. The number of rotatable bonds is 3. The van der Waals surface area contributed by atoms with Crippen molar-refractivity contribution < 1.29 is 0 Å². The van der Waals surface area contributed by atoms with Crippen molar-refractivity contribution in [3.05, 3.63) is 11.9 Å². The molecule has 19 heavy (non-hydrogen) atoms. The van der Waals surface area contributed by atoms with Gasteiger partial charge in [-0.2, -0.15) is 0 Å². The highest BCUT2D eigenvalue weighted by molar-refractivity contribution is 5.81. The zero-order chi connectivity index (χ0) is 13.5. The highest BCUT2D eigenvalue weighted by Crippen LogP contribution is 2.25. The Kier molecular flexibility index (Phi) is 3.14. The second kappa shape index (κ2) is 4.68. The number of guanidine groups is 1. The van der Waals surface area contributed by atoms with E-state index in [1.54, 1.807) is 0 Å². The maximum Gasteiger partial charge on any atom is 0.196 e. The molecule has 0 spiro atoms. The molecule has 3 aliphatic heterocycles. The van der Waals surface area contributed by atoms with Crippen LogP contribution in [-0.2, 0) is 0 Å². The SMILES string of the molecule is CCC1(N)C=C(N2CC(N3CCCC3)C2)NC(N)=N1. The van der Waals surface area contributed by atoms with E-state index in [0.29, 0.717) is 12.0 Å². The maximum absolute atomic E-state index is 6.19. The predicted octanol–water partition coefficient (Wildman–Crippen LogP) is -0.409. The van der Waals surface area contributed by atoms with Crippen LogP contribution in [0, 0.1) is 0 Å². The average Bonchev–Trinajstić information content (AvgIpc) is 2.79. The van der Waals surface area contributed by atoms with Crippen molar-refractivity contribution in [2.75, 3.05) is 26.2 Å². The summed E-state index contributed by atoms with van der Waals surface area (Å²) in [6, 6.07) is 0.694. The second-order valence-corrected chi connectivity index (χ2v) is 5.80. The summed E-state index contributed by atoms with van der Waals surface area (Å²) < 4.78 is 0. The lowest BCUT2D eigenvalue weighted by molar-refractivity contribution is 0.0700. The van der Waals surface area contributed by atoms with E-state index in [0.717, 1.165) is 25.3 Å². The molecule has 3 heterocycles. The highest BCUT2D eigenvalue weighted by Gasteiger charge is 2.36. The molecule has 5 N–H and O–H groups in total. The van der Waals surface area contributed by atoms with Gasteiger partial charge >= 0.3 is 0 Å². The first-order valence-electron chi connectivity index (χ1n) is 7.23. The van der Waals surface area contributed by atoms with Gasteiger partial charge in [-0.25, -0.2) is 4.99 Å². The summed E-state index contributed by atoms with van der Waals surface area (Å²) in [4.78, 5) is 9.17. The van der Waals surface area contributed by atoms with Crippen molar-refractivity contribution in [3.63, 3.8) is 0 Å². The molecular weight excluding hydrogens is 240 g/mol. The van der Waals surface area contributed by atoms with Crippen LogP contribution >= 0.6 is 0 Å². The summed E-state index contributed by atoms with van der Waals surface area (Å²) in [7, 11) is 0. The minimum absolute atomic E-state index is 0.423. The van der Waals surface area contributed by atoms with Crippen LogP contribution in [0.5, 0.6) is 0 Å². The summed E-state index contributed by atoms with van der Waals surface area (Å²) in [5, 5.41) is 3.14. The number of nitrogens with one attached hydrogen (secondary N) is 1. The molecular formula is C13H24N6. The van der Waals surface area contributed by atoms with Crippen molar-refractivity contribution in [3.8, 4) is 0 Å². The third kappa shape index (κ3) is 2.42. The Morgan fingerprint density at radius 3 is 2.74 bits per heavy atom. The lowest BCUT2D eigenvalue weighted by Crippen LogP contribution is -2.61. The summed E-state index contributed by atoms with van der Waals surface area (Å²) >= 11 is 0. The lowest BCUT2D eigenvalue weighted by Gasteiger charge is -2.47. The fourth-order valence-corrected chi connectivity index (χ4v) is 3.03. The van der Waals surface area contributed by atoms with Gasteiger partial charge in [-0.3, -0.25) is 4.90 Å². The van der Waals surface area contributed by atoms with E-state index in [1.165, 1.54) is 25.9 Å². The molecule has 3 rings (SSSR count). The fourth-order valence-electron chi connectivity index (χ4n) is 3.03. The maximum atomic E-state index is 6.19. The minimum Gasteiger partial charge on any atom is -0.370 e. The van der Waals surface area contributed by atoms with E-state index in [1.807, 2.05) is 13.0 Å². The Morgan fingerprint density at radius 1 is 1.42 bits per heavy atom. The number of hydrogen-bond acceptors (Lipinski definition) is 6. The molecule has 3 aliphatic rings. The molecule has 6 nitrogen and oxygen atoms in total. The average molecular weight is 264 g/mol. The van der Waals surface area contributed by atoms with Gasteiger partial charge in [-0.15, -0.1) is 0 Å². The molecule has 0 saturated carbocycles. The van der Waals surface area contributed by atoms with Crippen LogP contribution in [0.3, 0.4) is 0 Å². The van der Waals surface area contributed by atoms with Gasteiger partial charge in [0.15, 0.2) is 5.96 Å². The standard InChI is InChI=1S/C13H24N6/c1-2-13(15)7-11(16-12(14)17-13)19-8-10(9-19)18-5-3-4-6-18/h7,10H,2-6,8-9,15H2,1H3,(H3,14,16,17). The number of aliphatic imine (C=N–C) groups is 1. The molecule has 2 saturated heterocycles. The Morgan fingerprint density at radius 2 is 2.11 bits per heavy atom. The van der Waals surface area contributed by atoms with Crippen molar-refractivity contribution in [1.29, 1.82) is 0 Å². The molecule has 1 unspecified atom stereocenters. The monoisotopic (exact) mass is 264 g/mol.